The molecule has 0 spiro atoms. The van der Waals surface area contributed by atoms with Gasteiger partial charge in [0, 0.05) is 18.0 Å². The molecule has 1 aromatic heterocycles. The average molecular weight is 333 g/mol. The first-order chi connectivity index (χ1) is 11.2. The fourth-order valence-electron chi connectivity index (χ4n) is 2.50. The topological polar surface area (TPSA) is 55.0 Å². The zero-order valence-electron chi connectivity index (χ0n) is 12.7. The molecule has 1 atom stereocenters. The predicted molar refractivity (Wildman–Crippen MR) is 87.8 cm³/mol. The van der Waals surface area contributed by atoms with Gasteiger partial charge in [0.2, 0.25) is 0 Å². The van der Waals surface area contributed by atoms with Crippen LogP contribution in [0.5, 0.6) is 0 Å². The summed E-state index contributed by atoms with van der Waals surface area (Å²) >= 11 is 5.89. The molecule has 2 aromatic rings. The van der Waals surface area contributed by atoms with Crippen molar-refractivity contribution in [2.75, 3.05) is 13.1 Å². The Morgan fingerprint density at radius 3 is 2.78 bits per heavy atom. The maximum atomic E-state index is 12.3. The molecule has 0 radical (unpaired) electrons. The van der Waals surface area contributed by atoms with Gasteiger partial charge in [0.15, 0.2) is 11.9 Å². The van der Waals surface area contributed by atoms with Gasteiger partial charge < -0.3 is 14.2 Å². The van der Waals surface area contributed by atoms with Crippen molar-refractivity contribution in [2.24, 2.45) is 5.16 Å². The zero-order chi connectivity index (χ0) is 16.2. The molecule has 0 saturated heterocycles. The van der Waals surface area contributed by atoms with Crippen LogP contribution in [0.4, 0.5) is 0 Å². The third-order valence-corrected chi connectivity index (χ3v) is 3.99. The molecule has 1 amide bonds. The second-order valence-electron chi connectivity index (χ2n) is 5.30. The van der Waals surface area contributed by atoms with Crippen molar-refractivity contribution < 1.29 is 14.0 Å². The maximum absolute atomic E-state index is 12.3. The van der Waals surface area contributed by atoms with Crippen LogP contribution in [0.25, 0.3) is 0 Å². The summed E-state index contributed by atoms with van der Waals surface area (Å²) in [6.45, 7) is 2.98. The molecule has 23 heavy (non-hydrogen) atoms. The van der Waals surface area contributed by atoms with Crippen molar-refractivity contribution in [1.82, 2.24) is 4.90 Å². The third kappa shape index (κ3) is 3.56. The van der Waals surface area contributed by atoms with Crippen LogP contribution in [0.15, 0.2) is 52.2 Å². The number of halogens is 1. The predicted octanol–water partition coefficient (Wildman–Crippen LogP) is 3.59. The van der Waals surface area contributed by atoms with E-state index >= 15 is 0 Å². The van der Waals surface area contributed by atoms with Gasteiger partial charge in [0.05, 0.1) is 18.5 Å². The van der Waals surface area contributed by atoms with Crippen LogP contribution in [0.2, 0.25) is 5.02 Å². The van der Waals surface area contributed by atoms with Crippen molar-refractivity contribution in [3.63, 3.8) is 0 Å². The minimum Gasteiger partial charge on any atom is -0.459 e. The van der Waals surface area contributed by atoms with E-state index in [9.17, 15) is 4.79 Å². The Labute approximate surface area is 139 Å². The Morgan fingerprint density at radius 2 is 2.13 bits per heavy atom. The van der Waals surface area contributed by atoms with E-state index in [4.69, 9.17) is 20.9 Å². The summed E-state index contributed by atoms with van der Waals surface area (Å²) < 4.78 is 5.17. The van der Waals surface area contributed by atoms with Crippen molar-refractivity contribution in [3.05, 3.63) is 59.0 Å². The lowest BCUT2D eigenvalue weighted by Crippen LogP contribution is -2.37. The lowest BCUT2D eigenvalue weighted by molar-refractivity contribution is 0.0418. The first kappa shape index (κ1) is 15.6. The Kier molecular flexibility index (Phi) is 4.67. The molecule has 1 unspecified atom stereocenters. The van der Waals surface area contributed by atoms with Crippen LogP contribution in [-0.4, -0.2) is 35.7 Å². The molecule has 5 nitrogen and oxygen atoms in total. The first-order valence-corrected chi connectivity index (χ1v) is 7.86. The SMILES string of the molecule is CCN(CC1CC(c2ccc(Cl)cc2)=NO1)C(=O)c1ccco1. The van der Waals surface area contributed by atoms with Gasteiger partial charge in [0.1, 0.15) is 0 Å². The number of likely N-dealkylation sites (N-methyl/N-ethyl adjacent to an activating group) is 1. The van der Waals surface area contributed by atoms with Crippen LogP contribution in [0.1, 0.15) is 29.5 Å². The minimum absolute atomic E-state index is 0.138. The summed E-state index contributed by atoms with van der Waals surface area (Å²) in [5.41, 5.74) is 1.85. The van der Waals surface area contributed by atoms with Gasteiger partial charge in [-0.25, -0.2) is 0 Å². The molecule has 0 aliphatic carbocycles. The Bertz CT molecular complexity index is 695. The summed E-state index contributed by atoms with van der Waals surface area (Å²) in [5, 5.41) is 4.82. The number of carbonyl (C=O) groups is 1. The Hall–Kier alpha value is -2.27. The standard InChI is InChI=1S/C17H17ClN2O3/c1-2-20(17(21)16-4-3-9-22-16)11-14-10-15(19-23-14)12-5-7-13(18)8-6-12/h3-9,14H,2,10-11H2,1H3. The minimum atomic E-state index is -0.153. The van der Waals surface area contributed by atoms with Crippen LogP contribution >= 0.6 is 11.6 Å². The molecule has 1 aromatic carbocycles. The van der Waals surface area contributed by atoms with Crippen LogP contribution in [0, 0.1) is 0 Å². The van der Waals surface area contributed by atoms with Crippen LogP contribution in [-0.2, 0) is 4.84 Å². The molecule has 1 aliphatic heterocycles. The van der Waals surface area contributed by atoms with Gasteiger partial charge in [-0.15, -0.1) is 0 Å². The average Bonchev–Trinajstić information content (AvgIpc) is 3.24. The normalized spacial score (nSPS) is 16.8. The lowest BCUT2D eigenvalue weighted by atomic mass is 10.0. The first-order valence-electron chi connectivity index (χ1n) is 7.48. The summed E-state index contributed by atoms with van der Waals surface area (Å²) in [7, 11) is 0. The van der Waals surface area contributed by atoms with Gasteiger partial charge in [-0.1, -0.05) is 28.9 Å². The number of hydrogen-bond acceptors (Lipinski definition) is 4. The van der Waals surface area contributed by atoms with E-state index < -0.39 is 0 Å². The molecule has 2 heterocycles. The van der Waals surface area contributed by atoms with E-state index in [2.05, 4.69) is 5.16 Å². The number of oxime groups is 1. The summed E-state index contributed by atoms with van der Waals surface area (Å²) in [6.07, 6.45) is 2.00. The van der Waals surface area contributed by atoms with Crippen LogP contribution < -0.4 is 0 Å². The molecule has 6 heteroatoms. The maximum Gasteiger partial charge on any atom is 0.289 e. The largest absolute Gasteiger partial charge is 0.459 e. The fraction of sp³-hybridized carbons (Fsp3) is 0.294. The molecule has 3 rings (SSSR count). The quantitative estimate of drug-likeness (QED) is 0.840. The van der Waals surface area contributed by atoms with E-state index in [0.717, 1.165) is 11.3 Å². The van der Waals surface area contributed by atoms with E-state index in [0.29, 0.717) is 30.3 Å². The van der Waals surface area contributed by atoms with Crippen molar-refractivity contribution in [2.45, 2.75) is 19.4 Å². The zero-order valence-corrected chi connectivity index (χ0v) is 13.5. The number of furan rings is 1. The second kappa shape index (κ2) is 6.87. The van der Waals surface area contributed by atoms with Gasteiger partial charge in [-0.2, -0.15) is 0 Å². The molecular formula is C17H17ClN2O3. The van der Waals surface area contributed by atoms with E-state index in [1.165, 1.54) is 6.26 Å². The van der Waals surface area contributed by atoms with Gasteiger partial charge in [-0.05, 0) is 36.8 Å². The number of amides is 1. The van der Waals surface area contributed by atoms with E-state index in [1.54, 1.807) is 17.0 Å². The highest BCUT2D eigenvalue weighted by atomic mass is 35.5. The summed E-state index contributed by atoms with van der Waals surface area (Å²) in [6, 6.07) is 10.8. The van der Waals surface area contributed by atoms with Gasteiger partial charge in [-0.3, -0.25) is 4.79 Å². The Morgan fingerprint density at radius 1 is 1.35 bits per heavy atom. The summed E-state index contributed by atoms with van der Waals surface area (Å²) in [5.74, 6) is 0.199. The summed E-state index contributed by atoms with van der Waals surface area (Å²) in [4.78, 5) is 19.5. The van der Waals surface area contributed by atoms with E-state index in [-0.39, 0.29) is 12.0 Å². The molecule has 0 fully saturated rings. The fourth-order valence-corrected chi connectivity index (χ4v) is 2.62. The molecule has 0 N–H and O–H groups in total. The third-order valence-electron chi connectivity index (χ3n) is 3.74. The number of hydrogen-bond donors (Lipinski definition) is 0. The molecule has 1 aliphatic rings. The monoisotopic (exact) mass is 332 g/mol. The Balaban J connectivity index is 1.61. The second-order valence-corrected chi connectivity index (χ2v) is 5.73. The number of carbonyl (C=O) groups excluding carboxylic acids is 1. The highest BCUT2D eigenvalue weighted by Crippen LogP contribution is 2.20. The molecule has 120 valence electrons. The van der Waals surface area contributed by atoms with Crippen molar-refractivity contribution in [1.29, 1.82) is 0 Å². The van der Waals surface area contributed by atoms with E-state index in [1.807, 2.05) is 31.2 Å². The molecular weight excluding hydrogens is 316 g/mol. The molecule has 0 saturated carbocycles. The van der Waals surface area contributed by atoms with Gasteiger partial charge >= 0.3 is 0 Å². The molecule has 0 bridgehead atoms. The highest BCUT2D eigenvalue weighted by Gasteiger charge is 2.27. The number of benzene rings is 1. The number of nitrogens with zero attached hydrogens (tertiary/aromatic N) is 2. The van der Waals surface area contributed by atoms with Crippen LogP contribution in [0.3, 0.4) is 0 Å². The number of rotatable bonds is 5. The van der Waals surface area contributed by atoms with Gasteiger partial charge in [0.25, 0.3) is 5.91 Å². The lowest BCUT2D eigenvalue weighted by Gasteiger charge is -2.22. The van der Waals surface area contributed by atoms with Crippen molar-refractivity contribution in [3.8, 4) is 0 Å². The van der Waals surface area contributed by atoms with Crippen molar-refractivity contribution >= 4 is 23.2 Å². The smallest absolute Gasteiger partial charge is 0.289 e. The highest BCUT2D eigenvalue weighted by molar-refractivity contribution is 6.30.